The number of unbranched alkanes of at least 4 members (excludes halogenated alkanes) is 11. The minimum atomic E-state index is -0.824. The molecule has 2 atom stereocenters. The average Bonchev–Trinajstić information content (AvgIpc) is 2.61. The molecule has 0 radical (unpaired) electrons. The molecule has 0 aromatic rings. The first-order chi connectivity index (χ1) is 13.3. The van der Waals surface area contributed by atoms with Crippen molar-refractivity contribution in [2.45, 2.75) is 122 Å². The monoisotopic (exact) mass is 399 g/mol. The van der Waals surface area contributed by atoms with Crippen molar-refractivity contribution < 1.29 is 19.4 Å². The van der Waals surface area contributed by atoms with E-state index in [0.29, 0.717) is 0 Å². The molecule has 0 aliphatic rings. The summed E-state index contributed by atoms with van der Waals surface area (Å²) in [6.45, 7) is 7.48. The van der Waals surface area contributed by atoms with E-state index in [2.05, 4.69) is 6.92 Å². The number of carbonyl (C=O) groups is 1. The van der Waals surface area contributed by atoms with Crippen LogP contribution in [0.3, 0.4) is 0 Å². The second-order valence-corrected chi connectivity index (χ2v) is 8.68. The Labute approximate surface area is 173 Å². The fourth-order valence-electron chi connectivity index (χ4n) is 2.85. The maximum atomic E-state index is 11.5. The summed E-state index contributed by atoms with van der Waals surface area (Å²) in [6, 6.07) is -0.652. The van der Waals surface area contributed by atoms with Gasteiger partial charge in [0.25, 0.3) is 0 Å². The molecule has 0 saturated carbocycles. The van der Waals surface area contributed by atoms with Gasteiger partial charge in [0, 0.05) is 0 Å². The Morgan fingerprint density at radius 1 is 0.964 bits per heavy atom. The summed E-state index contributed by atoms with van der Waals surface area (Å²) < 4.78 is 9.97. The third kappa shape index (κ3) is 18.3. The number of allylic oxidation sites excluding steroid dienone is 1. The predicted molar refractivity (Wildman–Crippen MR) is 116 cm³/mol. The molecule has 28 heavy (non-hydrogen) atoms. The smallest absolute Gasteiger partial charge is 0.433 e. The van der Waals surface area contributed by atoms with Crippen molar-refractivity contribution in [2.75, 3.05) is 6.61 Å². The number of carbonyl (C=O) groups excluding carboxylic acids is 1. The molecule has 5 nitrogen and oxygen atoms in total. The first-order valence-corrected chi connectivity index (χ1v) is 11.2. The third-order valence-electron chi connectivity index (χ3n) is 4.53. The van der Waals surface area contributed by atoms with Gasteiger partial charge in [-0.05, 0) is 33.6 Å². The Hall–Kier alpha value is -1.07. The number of hydrogen-bond donors (Lipinski definition) is 2. The van der Waals surface area contributed by atoms with Crippen LogP contribution in [0.5, 0.6) is 0 Å². The van der Waals surface area contributed by atoms with Crippen molar-refractivity contribution in [3.8, 4) is 0 Å². The molecule has 0 bridgehead atoms. The van der Waals surface area contributed by atoms with E-state index >= 15 is 0 Å². The SMILES string of the molecule is CCCCCCCCCCCCCC=CC(O)C(N)COC(=O)OC(C)(C)C. The summed E-state index contributed by atoms with van der Waals surface area (Å²) in [7, 11) is 0. The average molecular weight is 400 g/mol. The topological polar surface area (TPSA) is 81.8 Å². The highest BCUT2D eigenvalue weighted by Crippen LogP contribution is 2.12. The summed E-state index contributed by atoms with van der Waals surface area (Å²) in [5.74, 6) is 0. The fraction of sp³-hybridized carbons (Fsp3) is 0.870. The minimum absolute atomic E-state index is 0.0706. The van der Waals surface area contributed by atoms with Gasteiger partial charge in [-0.1, -0.05) is 83.3 Å². The lowest BCUT2D eigenvalue weighted by Crippen LogP contribution is -2.39. The van der Waals surface area contributed by atoms with E-state index in [4.69, 9.17) is 15.2 Å². The van der Waals surface area contributed by atoms with Crippen molar-refractivity contribution in [3.05, 3.63) is 12.2 Å². The van der Waals surface area contributed by atoms with Crippen molar-refractivity contribution in [2.24, 2.45) is 5.73 Å². The molecule has 0 aromatic carbocycles. The van der Waals surface area contributed by atoms with Gasteiger partial charge in [0.05, 0.1) is 12.1 Å². The van der Waals surface area contributed by atoms with E-state index in [9.17, 15) is 9.90 Å². The van der Waals surface area contributed by atoms with Crippen LogP contribution in [-0.2, 0) is 9.47 Å². The minimum Gasteiger partial charge on any atom is -0.433 e. The van der Waals surface area contributed by atoms with E-state index in [0.717, 1.165) is 12.8 Å². The highest BCUT2D eigenvalue weighted by molar-refractivity contribution is 5.60. The molecular formula is C23H45NO4. The highest BCUT2D eigenvalue weighted by atomic mass is 16.7. The van der Waals surface area contributed by atoms with Crippen molar-refractivity contribution in [1.29, 1.82) is 0 Å². The number of nitrogens with two attached hydrogens (primary N) is 1. The standard InChI is InChI=1S/C23H45NO4/c1-5-6-7-8-9-10-11-12-13-14-15-16-17-18-21(25)20(24)19-27-22(26)28-23(2,3)4/h17-18,20-21,25H,5-16,19,24H2,1-4H3. The second-order valence-electron chi connectivity index (χ2n) is 8.68. The summed E-state index contributed by atoms with van der Waals surface area (Å²) in [4.78, 5) is 11.5. The first kappa shape index (κ1) is 26.9. The number of aliphatic hydroxyl groups is 1. The maximum absolute atomic E-state index is 11.5. The van der Waals surface area contributed by atoms with Crippen molar-refractivity contribution in [1.82, 2.24) is 0 Å². The number of aliphatic hydroxyl groups excluding tert-OH is 1. The van der Waals surface area contributed by atoms with Crippen molar-refractivity contribution >= 4 is 6.16 Å². The van der Waals surface area contributed by atoms with Crippen LogP contribution in [0.15, 0.2) is 12.2 Å². The van der Waals surface area contributed by atoms with Crippen LogP contribution in [0.25, 0.3) is 0 Å². The zero-order chi connectivity index (χ0) is 21.3. The Bertz CT molecular complexity index is 404. The van der Waals surface area contributed by atoms with Gasteiger partial charge < -0.3 is 20.3 Å². The molecule has 0 saturated heterocycles. The maximum Gasteiger partial charge on any atom is 0.508 e. The molecule has 0 aliphatic carbocycles. The quantitative estimate of drug-likeness (QED) is 0.192. The normalized spacial score (nSPS) is 14.2. The molecule has 0 aliphatic heterocycles. The summed E-state index contributed by atoms with van der Waals surface area (Å²) >= 11 is 0. The van der Waals surface area contributed by atoms with Crippen LogP contribution in [-0.4, -0.2) is 35.6 Å². The first-order valence-electron chi connectivity index (χ1n) is 11.2. The Morgan fingerprint density at radius 3 is 1.96 bits per heavy atom. The van der Waals surface area contributed by atoms with Gasteiger partial charge in [0.1, 0.15) is 12.2 Å². The van der Waals surface area contributed by atoms with Crippen LogP contribution in [0.2, 0.25) is 0 Å². The van der Waals surface area contributed by atoms with Gasteiger partial charge in [-0.15, -0.1) is 0 Å². The van der Waals surface area contributed by atoms with E-state index in [1.807, 2.05) is 6.08 Å². The lowest BCUT2D eigenvalue weighted by Gasteiger charge is -2.20. The van der Waals surface area contributed by atoms with Gasteiger partial charge in [0.15, 0.2) is 0 Å². The summed E-state index contributed by atoms with van der Waals surface area (Å²) in [5.41, 5.74) is 5.24. The van der Waals surface area contributed by atoms with Crippen molar-refractivity contribution in [3.63, 3.8) is 0 Å². The van der Waals surface area contributed by atoms with E-state index in [1.165, 1.54) is 64.2 Å². The number of ether oxygens (including phenoxy) is 2. The zero-order valence-corrected chi connectivity index (χ0v) is 18.8. The highest BCUT2D eigenvalue weighted by Gasteiger charge is 2.19. The van der Waals surface area contributed by atoms with E-state index in [1.54, 1.807) is 26.8 Å². The van der Waals surface area contributed by atoms with Crippen LogP contribution in [0, 0.1) is 0 Å². The summed E-state index contributed by atoms with van der Waals surface area (Å²) in [5, 5.41) is 10.00. The Kier molecular flexibility index (Phi) is 16.2. The van der Waals surface area contributed by atoms with Crippen LogP contribution >= 0.6 is 0 Å². The van der Waals surface area contributed by atoms with Crippen LogP contribution in [0.1, 0.15) is 105 Å². The lowest BCUT2D eigenvalue weighted by atomic mass is 10.0. The third-order valence-corrected chi connectivity index (χ3v) is 4.53. The number of hydrogen-bond acceptors (Lipinski definition) is 5. The van der Waals surface area contributed by atoms with Gasteiger partial charge in [-0.2, -0.15) is 0 Å². The van der Waals surface area contributed by atoms with E-state index in [-0.39, 0.29) is 6.61 Å². The fourth-order valence-corrected chi connectivity index (χ4v) is 2.85. The number of rotatable bonds is 16. The van der Waals surface area contributed by atoms with Crippen LogP contribution < -0.4 is 5.73 Å². The molecule has 0 amide bonds. The van der Waals surface area contributed by atoms with Gasteiger partial charge in [-0.3, -0.25) is 0 Å². The van der Waals surface area contributed by atoms with Gasteiger partial charge in [0.2, 0.25) is 0 Å². The van der Waals surface area contributed by atoms with Gasteiger partial charge in [-0.25, -0.2) is 4.79 Å². The molecule has 0 rings (SSSR count). The Morgan fingerprint density at radius 2 is 1.46 bits per heavy atom. The largest absolute Gasteiger partial charge is 0.508 e. The summed E-state index contributed by atoms with van der Waals surface area (Å²) in [6.07, 6.45) is 17.6. The van der Waals surface area contributed by atoms with E-state index < -0.39 is 23.9 Å². The molecule has 2 unspecified atom stereocenters. The lowest BCUT2D eigenvalue weighted by molar-refractivity contribution is -0.0133. The molecule has 166 valence electrons. The molecule has 0 fully saturated rings. The van der Waals surface area contributed by atoms with Crippen LogP contribution in [0.4, 0.5) is 4.79 Å². The second kappa shape index (κ2) is 16.8. The predicted octanol–water partition coefficient (Wildman–Crippen LogP) is 5.88. The molecule has 5 heteroatoms. The molecule has 0 heterocycles. The van der Waals surface area contributed by atoms with Gasteiger partial charge >= 0.3 is 6.16 Å². The molecule has 3 N–H and O–H groups in total. The molecule has 0 aromatic heterocycles. The molecular weight excluding hydrogens is 354 g/mol. The molecule has 0 spiro atoms. The Balaban J connectivity index is 3.59. The zero-order valence-electron chi connectivity index (χ0n) is 18.8.